The third-order valence-electron chi connectivity index (χ3n) is 5.99. The summed E-state index contributed by atoms with van der Waals surface area (Å²) in [5.74, 6) is -0.125. The lowest BCUT2D eigenvalue weighted by Gasteiger charge is -2.44. The number of aromatic amines is 1. The molecule has 4 rings (SSSR count). The zero-order chi connectivity index (χ0) is 21.1. The van der Waals surface area contributed by atoms with Crippen LogP contribution in [0.15, 0.2) is 76.4 Å². The van der Waals surface area contributed by atoms with Crippen molar-refractivity contribution in [3.8, 4) is 0 Å². The quantitative estimate of drug-likeness (QED) is 0.727. The summed E-state index contributed by atoms with van der Waals surface area (Å²) in [6.07, 6.45) is 3.27. The number of carbonyl (C=O) groups excluding carboxylic acids is 1. The van der Waals surface area contributed by atoms with E-state index in [2.05, 4.69) is 29.2 Å². The molecule has 2 aromatic carbocycles. The maximum absolute atomic E-state index is 13.1. The minimum atomic E-state index is -0.562. The monoisotopic (exact) mass is 403 g/mol. The number of nitrogens with one attached hydrogen (secondary N) is 1. The topological polar surface area (TPSA) is 75.2 Å². The Morgan fingerprint density at radius 2 is 1.60 bits per heavy atom. The lowest BCUT2D eigenvalue weighted by molar-refractivity contribution is -0.133. The zero-order valence-electron chi connectivity index (χ0n) is 17.0. The largest absolute Gasteiger partial charge is 0.340 e. The second-order valence-electron chi connectivity index (χ2n) is 7.93. The summed E-state index contributed by atoms with van der Waals surface area (Å²) in [7, 11) is 0. The molecule has 1 aliphatic rings. The minimum absolute atomic E-state index is 0.0872. The molecule has 2 heterocycles. The molecule has 1 aliphatic heterocycles. The highest BCUT2D eigenvalue weighted by Crippen LogP contribution is 2.40. The Morgan fingerprint density at radius 3 is 2.20 bits per heavy atom. The molecule has 0 aliphatic carbocycles. The van der Waals surface area contributed by atoms with E-state index in [-0.39, 0.29) is 17.9 Å². The number of hydrogen-bond acceptors (Lipinski definition) is 3. The SMILES string of the molecule is Cc1cn(CC(=O)N2CCCC(c3ccccc3)(c3ccccc3)C2)c(=O)[nH]c1=O. The first-order valence-corrected chi connectivity index (χ1v) is 10.2. The van der Waals surface area contributed by atoms with Gasteiger partial charge < -0.3 is 4.90 Å². The highest BCUT2D eigenvalue weighted by atomic mass is 16.2. The Kier molecular flexibility index (Phi) is 5.40. The maximum Gasteiger partial charge on any atom is 0.328 e. The standard InChI is InChI=1S/C24H25N3O3/c1-18-15-27(23(30)25-22(18)29)16-21(28)26-14-8-13-24(17-26,19-9-4-2-5-10-19)20-11-6-3-7-12-20/h2-7,9-12,15H,8,13-14,16-17H2,1H3,(H,25,29,30). The van der Waals surface area contributed by atoms with Gasteiger partial charge in [-0.25, -0.2) is 4.79 Å². The number of aromatic nitrogens is 2. The normalized spacial score (nSPS) is 15.7. The van der Waals surface area contributed by atoms with Crippen LogP contribution in [0.2, 0.25) is 0 Å². The second-order valence-corrected chi connectivity index (χ2v) is 7.93. The number of benzene rings is 2. The summed E-state index contributed by atoms with van der Waals surface area (Å²) >= 11 is 0. The van der Waals surface area contributed by atoms with Crippen molar-refractivity contribution in [2.45, 2.75) is 31.7 Å². The Labute approximate surface area is 174 Å². The van der Waals surface area contributed by atoms with E-state index in [1.165, 1.54) is 21.9 Å². The average Bonchev–Trinajstić information content (AvgIpc) is 2.78. The second kappa shape index (κ2) is 8.14. The summed E-state index contributed by atoms with van der Waals surface area (Å²) in [6.45, 7) is 2.74. The fourth-order valence-corrected chi connectivity index (χ4v) is 4.40. The van der Waals surface area contributed by atoms with Gasteiger partial charge in [0.1, 0.15) is 6.54 Å². The van der Waals surface area contributed by atoms with Crippen LogP contribution in [0.4, 0.5) is 0 Å². The Balaban J connectivity index is 1.66. The van der Waals surface area contributed by atoms with Gasteiger partial charge in [-0.3, -0.25) is 19.1 Å². The summed E-state index contributed by atoms with van der Waals surface area (Å²) in [6, 6.07) is 20.6. The van der Waals surface area contributed by atoms with E-state index < -0.39 is 11.2 Å². The van der Waals surface area contributed by atoms with Gasteiger partial charge in [0, 0.05) is 30.3 Å². The Bertz CT molecular complexity index is 1110. The van der Waals surface area contributed by atoms with Crippen LogP contribution < -0.4 is 11.2 Å². The summed E-state index contributed by atoms with van der Waals surface area (Å²) in [5.41, 5.74) is 1.50. The third-order valence-corrected chi connectivity index (χ3v) is 5.99. The molecule has 0 bridgehead atoms. The number of carbonyl (C=O) groups is 1. The van der Waals surface area contributed by atoms with Crippen LogP contribution in [-0.2, 0) is 16.8 Å². The molecule has 0 unspecified atom stereocenters. The van der Waals surface area contributed by atoms with Crippen LogP contribution in [0.3, 0.4) is 0 Å². The number of piperidine rings is 1. The minimum Gasteiger partial charge on any atom is -0.340 e. The molecule has 0 saturated carbocycles. The predicted molar refractivity (Wildman–Crippen MR) is 116 cm³/mol. The fourth-order valence-electron chi connectivity index (χ4n) is 4.40. The molecule has 30 heavy (non-hydrogen) atoms. The van der Waals surface area contributed by atoms with Gasteiger partial charge in [0.15, 0.2) is 0 Å². The molecule has 0 spiro atoms. The molecule has 6 heteroatoms. The number of likely N-dealkylation sites (tertiary alicyclic amines) is 1. The van der Waals surface area contributed by atoms with Gasteiger partial charge >= 0.3 is 5.69 Å². The average molecular weight is 403 g/mol. The van der Waals surface area contributed by atoms with Crippen molar-refractivity contribution in [1.29, 1.82) is 0 Å². The van der Waals surface area contributed by atoms with Gasteiger partial charge in [0.25, 0.3) is 5.56 Å². The number of H-pyrrole nitrogens is 1. The molecule has 1 aromatic heterocycles. The number of rotatable bonds is 4. The fraction of sp³-hybridized carbons (Fsp3) is 0.292. The van der Waals surface area contributed by atoms with Crippen LogP contribution in [0.25, 0.3) is 0 Å². The van der Waals surface area contributed by atoms with Crippen LogP contribution in [0.1, 0.15) is 29.5 Å². The van der Waals surface area contributed by atoms with Crippen molar-refractivity contribution in [2.24, 2.45) is 0 Å². The van der Waals surface area contributed by atoms with E-state index in [1.807, 2.05) is 41.3 Å². The smallest absolute Gasteiger partial charge is 0.328 e. The highest BCUT2D eigenvalue weighted by Gasteiger charge is 2.40. The summed E-state index contributed by atoms with van der Waals surface area (Å²) < 4.78 is 1.28. The zero-order valence-corrected chi connectivity index (χ0v) is 17.0. The number of hydrogen-bond donors (Lipinski definition) is 1. The van der Waals surface area contributed by atoms with Crippen LogP contribution >= 0.6 is 0 Å². The molecular formula is C24H25N3O3. The molecule has 6 nitrogen and oxygen atoms in total. The van der Waals surface area contributed by atoms with Crippen LogP contribution in [-0.4, -0.2) is 33.4 Å². The van der Waals surface area contributed by atoms with E-state index in [1.54, 1.807) is 6.92 Å². The van der Waals surface area contributed by atoms with Crippen molar-refractivity contribution in [3.05, 3.63) is 104 Å². The van der Waals surface area contributed by atoms with Crippen molar-refractivity contribution in [1.82, 2.24) is 14.5 Å². The lowest BCUT2D eigenvalue weighted by atomic mass is 9.69. The maximum atomic E-state index is 13.1. The van der Waals surface area contributed by atoms with E-state index in [9.17, 15) is 14.4 Å². The molecule has 1 N–H and O–H groups in total. The van der Waals surface area contributed by atoms with Gasteiger partial charge in [0.2, 0.25) is 5.91 Å². The van der Waals surface area contributed by atoms with Gasteiger partial charge in [-0.2, -0.15) is 0 Å². The molecule has 0 radical (unpaired) electrons. The Hall–Kier alpha value is -3.41. The van der Waals surface area contributed by atoms with Crippen molar-refractivity contribution in [3.63, 3.8) is 0 Å². The molecule has 154 valence electrons. The van der Waals surface area contributed by atoms with Crippen molar-refractivity contribution >= 4 is 5.91 Å². The number of amides is 1. The molecule has 1 fully saturated rings. The predicted octanol–water partition coefficient (Wildman–Crippen LogP) is 2.45. The van der Waals surface area contributed by atoms with Gasteiger partial charge in [-0.1, -0.05) is 60.7 Å². The number of aryl methyl sites for hydroxylation is 1. The van der Waals surface area contributed by atoms with Crippen molar-refractivity contribution < 1.29 is 4.79 Å². The highest BCUT2D eigenvalue weighted by molar-refractivity contribution is 5.76. The molecular weight excluding hydrogens is 378 g/mol. The van der Waals surface area contributed by atoms with E-state index in [0.717, 1.165) is 12.8 Å². The summed E-state index contributed by atoms with van der Waals surface area (Å²) in [4.78, 5) is 41.0. The van der Waals surface area contributed by atoms with E-state index in [4.69, 9.17) is 0 Å². The lowest BCUT2D eigenvalue weighted by Crippen LogP contribution is -2.50. The van der Waals surface area contributed by atoms with Crippen molar-refractivity contribution in [2.75, 3.05) is 13.1 Å². The first-order valence-electron chi connectivity index (χ1n) is 10.2. The first kappa shape index (κ1) is 19.9. The molecule has 1 saturated heterocycles. The molecule has 3 aromatic rings. The summed E-state index contributed by atoms with van der Waals surface area (Å²) in [5, 5.41) is 0. The molecule has 0 atom stereocenters. The van der Waals surface area contributed by atoms with Crippen LogP contribution in [0.5, 0.6) is 0 Å². The van der Waals surface area contributed by atoms with Gasteiger partial charge in [0.05, 0.1) is 0 Å². The first-order chi connectivity index (χ1) is 14.5. The third kappa shape index (κ3) is 3.73. The van der Waals surface area contributed by atoms with Gasteiger partial charge in [-0.15, -0.1) is 0 Å². The van der Waals surface area contributed by atoms with Crippen LogP contribution in [0, 0.1) is 6.92 Å². The van der Waals surface area contributed by atoms with Gasteiger partial charge in [-0.05, 0) is 30.9 Å². The number of nitrogens with zero attached hydrogens (tertiary/aromatic N) is 2. The Morgan fingerprint density at radius 1 is 1.00 bits per heavy atom. The van der Waals surface area contributed by atoms with E-state index >= 15 is 0 Å². The van der Waals surface area contributed by atoms with E-state index in [0.29, 0.717) is 18.7 Å². The molecule has 1 amide bonds.